The largest absolute Gasteiger partial charge is 0.478 e. The summed E-state index contributed by atoms with van der Waals surface area (Å²) in [6, 6.07) is 4.55. The van der Waals surface area contributed by atoms with Crippen LogP contribution in [0.1, 0.15) is 12.7 Å². The summed E-state index contributed by atoms with van der Waals surface area (Å²) in [7, 11) is 0. The van der Waals surface area contributed by atoms with E-state index in [2.05, 4.69) is 15.3 Å². The fourth-order valence-corrected chi connectivity index (χ4v) is 3.32. The van der Waals surface area contributed by atoms with Crippen LogP contribution in [0.5, 0.6) is 5.88 Å². The monoisotopic (exact) mass is 385 g/mol. The van der Waals surface area contributed by atoms with Gasteiger partial charge in [-0.15, -0.1) is 0 Å². The summed E-state index contributed by atoms with van der Waals surface area (Å²) in [5, 5.41) is 2.42. The van der Waals surface area contributed by atoms with E-state index in [-0.39, 0.29) is 10.8 Å². The molecule has 0 atom stereocenters. The standard InChI is InChI=1S/C18H12FN3O4S/c1-2-25-15-5-9(4-14(19)21-15)12-8-20-7-10-3-11(26-16(10)12)6-13-17(23)22-18(24)27-13/h3-8H,2H2,1H3,(H,22,23,24)/b13-6-. The summed E-state index contributed by atoms with van der Waals surface area (Å²) in [6.07, 6.45) is 4.62. The molecule has 0 aromatic carbocycles. The minimum atomic E-state index is -0.681. The number of rotatable bonds is 4. The Balaban J connectivity index is 1.80. The van der Waals surface area contributed by atoms with Crippen molar-refractivity contribution in [2.24, 2.45) is 0 Å². The van der Waals surface area contributed by atoms with Gasteiger partial charge >= 0.3 is 0 Å². The fraction of sp³-hybridized carbons (Fsp3) is 0.111. The first-order chi connectivity index (χ1) is 13.0. The van der Waals surface area contributed by atoms with Crippen LogP contribution in [-0.4, -0.2) is 27.7 Å². The van der Waals surface area contributed by atoms with Crippen molar-refractivity contribution in [1.82, 2.24) is 15.3 Å². The number of amides is 2. The van der Waals surface area contributed by atoms with E-state index in [1.165, 1.54) is 12.1 Å². The summed E-state index contributed by atoms with van der Waals surface area (Å²) < 4.78 is 25.0. The van der Waals surface area contributed by atoms with E-state index in [1.807, 2.05) is 0 Å². The molecule has 0 radical (unpaired) electrons. The van der Waals surface area contributed by atoms with Crippen LogP contribution < -0.4 is 10.1 Å². The molecule has 0 spiro atoms. The number of nitrogens with one attached hydrogen (secondary N) is 1. The van der Waals surface area contributed by atoms with Gasteiger partial charge in [0.05, 0.1) is 11.5 Å². The Morgan fingerprint density at radius 3 is 2.89 bits per heavy atom. The van der Waals surface area contributed by atoms with E-state index < -0.39 is 17.1 Å². The van der Waals surface area contributed by atoms with Crippen LogP contribution in [0.4, 0.5) is 9.18 Å². The molecule has 1 aliphatic rings. The van der Waals surface area contributed by atoms with Crippen molar-refractivity contribution in [3.63, 3.8) is 0 Å². The number of imide groups is 1. The van der Waals surface area contributed by atoms with Gasteiger partial charge in [0.1, 0.15) is 11.3 Å². The molecule has 27 heavy (non-hydrogen) atoms. The fourth-order valence-electron chi connectivity index (χ4n) is 2.66. The third-order valence-corrected chi connectivity index (χ3v) is 4.54. The van der Waals surface area contributed by atoms with E-state index in [0.717, 1.165) is 11.8 Å². The average molecular weight is 385 g/mol. The number of hydrogen-bond donors (Lipinski definition) is 1. The number of furan rings is 1. The number of pyridine rings is 2. The first-order valence-electron chi connectivity index (χ1n) is 7.96. The lowest BCUT2D eigenvalue weighted by molar-refractivity contribution is -0.115. The molecule has 0 bridgehead atoms. The van der Waals surface area contributed by atoms with Crippen molar-refractivity contribution in [1.29, 1.82) is 0 Å². The van der Waals surface area contributed by atoms with Crippen LogP contribution in [0.25, 0.3) is 28.2 Å². The van der Waals surface area contributed by atoms with Crippen LogP contribution >= 0.6 is 11.8 Å². The first kappa shape index (κ1) is 17.2. The highest BCUT2D eigenvalue weighted by Crippen LogP contribution is 2.33. The van der Waals surface area contributed by atoms with Crippen molar-refractivity contribution in [2.75, 3.05) is 6.61 Å². The Bertz CT molecular complexity index is 1110. The van der Waals surface area contributed by atoms with Crippen molar-refractivity contribution in [2.45, 2.75) is 6.92 Å². The van der Waals surface area contributed by atoms with Gasteiger partial charge in [-0.1, -0.05) is 0 Å². The Hall–Kier alpha value is -3.20. The van der Waals surface area contributed by atoms with Gasteiger partial charge < -0.3 is 9.15 Å². The lowest BCUT2D eigenvalue weighted by Crippen LogP contribution is -2.17. The van der Waals surface area contributed by atoms with Crippen LogP contribution in [-0.2, 0) is 4.79 Å². The van der Waals surface area contributed by atoms with Crippen LogP contribution in [0, 0.1) is 5.95 Å². The van der Waals surface area contributed by atoms with E-state index in [4.69, 9.17) is 9.15 Å². The van der Waals surface area contributed by atoms with Crippen LogP contribution in [0.3, 0.4) is 0 Å². The first-order valence-corrected chi connectivity index (χ1v) is 8.78. The molecule has 4 rings (SSSR count). The third-order valence-electron chi connectivity index (χ3n) is 3.73. The minimum Gasteiger partial charge on any atom is -0.478 e. The second-order valence-corrected chi connectivity index (χ2v) is 6.57. The van der Waals surface area contributed by atoms with E-state index in [0.29, 0.717) is 34.5 Å². The molecule has 1 N–H and O–H groups in total. The third kappa shape index (κ3) is 3.41. The minimum absolute atomic E-state index is 0.163. The Morgan fingerprint density at radius 2 is 2.15 bits per heavy atom. The molecule has 3 aromatic heterocycles. The number of ether oxygens (including phenoxy) is 1. The number of fused-ring (bicyclic) bond motifs is 1. The maximum atomic E-state index is 13.9. The molecule has 9 heteroatoms. The van der Waals surface area contributed by atoms with Gasteiger partial charge in [-0.25, -0.2) is 0 Å². The lowest BCUT2D eigenvalue weighted by Gasteiger charge is -2.06. The number of carbonyl (C=O) groups is 2. The zero-order valence-electron chi connectivity index (χ0n) is 14.0. The van der Waals surface area contributed by atoms with Crippen molar-refractivity contribution < 1.29 is 23.1 Å². The number of carbonyl (C=O) groups excluding carboxylic acids is 2. The van der Waals surface area contributed by atoms with E-state index in [1.54, 1.807) is 31.5 Å². The molecule has 0 saturated carbocycles. The highest BCUT2D eigenvalue weighted by molar-refractivity contribution is 8.18. The van der Waals surface area contributed by atoms with Gasteiger partial charge in [0.15, 0.2) is 0 Å². The van der Waals surface area contributed by atoms with Crippen molar-refractivity contribution in [3.05, 3.63) is 47.2 Å². The SMILES string of the molecule is CCOc1cc(-c2cncc3cc(/C=C4\SC(=O)NC4=O)oc23)cc(F)n1. The Labute approximate surface area is 156 Å². The van der Waals surface area contributed by atoms with Crippen LogP contribution in [0.15, 0.2) is 39.9 Å². The maximum absolute atomic E-state index is 13.9. The maximum Gasteiger partial charge on any atom is 0.290 e. The molecule has 136 valence electrons. The normalized spacial score (nSPS) is 15.6. The topological polar surface area (TPSA) is 94.3 Å². The predicted molar refractivity (Wildman–Crippen MR) is 97.5 cm³/mol. The Kier molecular flexibility index (Phi) is 4.36. The molecule has 0 aliphatic carbocycles. The molecular formula is C18H12FN3O4S. The lowest BCUT2D eigenvalue weighted by atomic mass is 10.1. The summed E-state index contributed by atoms with van der Waals surface area (Å²) in [6.45, 7) is 2.14. The molecule has 1 saturated heterocycles. The molecule has 4 heterocycles. The number of aromatic nitrogens is 2. The summed E-state index contributed by atoms with van der Waals surface area (Å²) in [4.78, 5) is 31.1. The highest BCUT2D eigenvalue weighted by Gasteiger charge is 2.25. The molecule has 1 fully saturated rings. The zero-order valence-corrected chi connectivity index (χ0v) is 14.8. The van der Waals surface area contributed by atoms with Crippen molar-refractivity contribution in [3.8, 4) is 17.0 Å². The molecule has 1 aliphatic heterocycles. The van der Waals surface area contributed by atoms with Gasteiger partial charge in [-0.3, -0.25) is 19.9 Å². The summed E-state index contributed by atoms with van der Waals surface area (Å²) >= 11 is 0.800. The number of hydrogen-bond acceptors (Lipinski definition) is 7. The number of nitrogens with zero attached hydrogens (tertiary/aromatic N) is 2. The predicted octanol–water partition coefficient (Wildman–Crippen LogP) is 3.75. The number of halogens is 1. The molecule has 0 unspecified atom stereocenters. The molecule has 2 amide bonds. The van der Waals surface area contributed by atoms with E-state index in [9.17, 15) is 14.0 Å². The highest BCUT2D eigenvalue weighted by atomic mass is 32.2. The molecular weight excluding hydrogens is 373 g/mol. The van der Waals surface area contributed by atoms with Gasteiger partial charge in [0.2, 0.25) is 11.8 Å². The van der Waals surface area contributed by atoms with Crippen molar-refractivity contribution >= 4 is 40.0 Å². The molecule has 7 nitrogen and oxygen atoms in total. The van der Waals surface area contributed by atoms with Gasteiger partial charge in [0, 0.05) is 41.6 Å². The Morgan fingerprint density at radius 1 is 1.30 bits per heavy atom. The summed E-state index contributed by atoms with van der Waals surface area (Å²) in [5.41, 5.74) is 1.53. The van der Waals surface area contributed by atoms with Gasteiger partial charge in [-0.2, -0.15) is 9.37 Å². The second-order valence-electron chi connectivity index (χ2n) is 5.56. The van der Waals surface area contributed by atoms with Crippen LogP contribution in [0.2, 0.25) is 0 Å². The summed E-state index contributed by atoms with van der Waals surface area (Å²) in [5.74, 6) is -0.608. The second kappa shape index (κ2) is 6.84. The quantitative estimate of drug-likeness (QED) is 0.540. The smallest absolute Gasteiger partial charge is 0.290 e. The average Bonchev–Trinajstić information content (AvgIpc) is 3.16. The molecule has 3 aromatic rings. The van der Waals surface area contributed by atoms with Gasteiger partial charge in [0.25, 0.3) is 11.1 Å². The van der Waals surface area contributed by atoms with Gasteiger partial charge in [-0.05, 0) is 30.3 Å². The van der Waals surface area contributed by atoms with E-state index >= 15 is 0 Å². The zero-order chi connectivity index (χ0) is 19.0. The number of thioether (sulfide) groups is 1.